The lowest BCUT2D eigenvalue weighted by molar-refractivity contribution is -0.115. The van der Waals surface area contributed by atoms with Gasteiger partial charge in [-0.1, -0.05) is 38.1 Å². The quantitative estimate of drug-likeness (QED) is 0.365. The summed E-state index contributed by atoms with van der Waals surface area (Å²) in [6.07, 6.45) is 3.65. The molecule has 152 valence electrons. The smallest absolute Gasteiger partial charge is 0.273 e. The molecule has 29 heavy (non-hydrogen) atoms. The summed E-state index contributed by atoms with van der Waals surface area (Å²) < 4.78 is 11.6. The molecular weight excluding hydrogens is 384 g/mol. The molecule has 1 heterocycles. The van der Waals surface area contributed by atoms with E-state index in [9.17, 15) is 4.79 Å². The average molecular weight is 411 g/mol. The summed E-state index contributed by atoms with van der Waals surface area (Å²) in [5.41, 5.74) is 2.63. The Kier molecular flexibility index (Phi) is 7.25. The molecule has 1 saturated heterocycles. The van der Waals surface area contributed by atoms with Gasteiger partial charge in [-0.15, -0.1) is 0 Å². The molecule has 1 fully saturated rings. The largest absolute Gasteiger partial charge is 0.493 e. The van der Waals surface area contributed by atoms with Crippen molar-refractivity contribution in [3.8, 4) is 11.5 Å². The van der Waals surface area contributed by atoms with E-state index < -0.39 is 0 Å². The van der Waals surface area contributed by atoms with Crippen molar-refractivity contribution in [2.24, 2.45) is 0 Å². The highest BCUT2D eigenvalue weighted by Crippen LogP contribution is 2.21. The van der Waals surface area contributed by atoms with Crippen LogP contribution in [0.1, 0.15) is 43.7 Å². The number of nitrogens with one attached hydrogen (secondary N) is 2. The molecule has 2 N–H and O–H groups in total. The maximum absolute atomic E-state index is 11.7. The lowest BCUT2D eigenvalue weighted by atomic mass is 9.99. The normalized spacial score (nSPS) is 15.7. The van der Waals surface area contributed by atoms with E-state index in [2.05, 4.69) is 36.6 Å². The number of hydrogen-bond donors (Lipinski definition) is 2. The Bertz CT molecular complexity index is 893. The molecule has 3 rings (SSSR count). The molecule has 1 aliphatic heterocycles. The first-order valence-corrected chi connectivity index (χ1v) is 10.3. The Morgan fingerprint density at radius 1 is 1.03 bits per heavy atom. The Hall–Kier alpha value is -2.86. The summed E-state index contributed by atoms with van der Waals surface area (Å²) in [4.78, 5) is 11.7. The van der Waals surface area contributed by atoms with Gasteiger partial charge in [0.1, 0.15) is 17.2 Å². The summed E-state index contributed by atoms with van der Waals surface area (Å²) in [6, 6.07) is 15.9. The maximum atomic E-state index is 11.7. The van der Waals surface area contributed by atoms with Crippen molar-refractivity contribution in [1.29, 1.82) is 0 Å². The van der Waals surface area contributed by atoms with Crippen LogP contribution in [0.25, 0.3) is 6.08 Å². The SMILES string of the molecule is CCC(C)c1ccc(OCCCOc2cccc(/C=C3\NC(=S)NC3=O)c2)cc1. The van der Waals surface area contributed by atoms with Gasteiger partial charge < -0.3 is 14.8 Å². The topological polar surface area (TPSA) is 59.6 Å². The van der Waals surface area contributed by atoms with Crippen LogP contribution in [0.2, 0.25) is 0 Å². The molecule has 0 aromatic heterocycles. The zero-order valence-electron chi connectivity index (χ0n) is 16.7. The minimum Gasteiger partial charge on any atom is -0.493 e. The van der Waals surface area contributed by atoms with E-state index in [1.54, 1.807) is 6.08 Å². The average Bonchev–Trinajstić information content (AvgIpc) is 3.04. The van der Waals surface area contributed by atoms with E-state index in [0.717, 1.165) is 29.9 Å². The molecule has 0 radical (unpaired) electrons. The Morgan fingerprint density at radius 3 is 2.41 bits per heavy atom. The van der Waals surface area contributed by atoms with Gasteiger partial charge in [-0.3, -0.25) is 10.1 Å². The first-order chi connectivity index (χ1) is 14.0. The zero-order chi connectivity index (χ0) is 20.6. The molecule has 0 spiro atoms. The molecule has 0 saturated carbocycles. The molecule has 0 bridgehead atoms. The number of thiocarbonyl (C=S) groups is 1. The van der Waals surface area contributed by atoms with Gasteiger partial charge in [-0.25, -0.2) is 0 Å². The summed E-state index contributed by atoms with van der Waals surface area (Å²) in [5, 5.41) is 5.70. The molecule has 1 aliphatic rings. The molecule has 1 atom stereocenters. The highest BCUT2D eigenvalue weighted by Gasteiger charge is 2.19. The van der Waals surface area contributed by atoms with Gasteiger partial charge in [0, 0.05) is 6.42 Å². The molecule has 2 aromatic carbocycles. The minimum atomic E-state index is -0.226. The Morgan fingerprint density at radius 2 is 1.76 bits per heavy atom. The second-order valence-corrected chi connectivity index (χ2v) is 7.38. The second-order valence-electron chi connectivity index (χ2n) is 6.97. The van der Waals surface area contributed by atoms with Crippen LogP contribution in [0.3, 0.4) is 0 Å². The first kappa shape index (κ1) is 20.9. The molecule has 1 amide bonds. The number of ether oxygens (including phenoxy) is 2. The highest BCUT2D eigenvalue weighted by molar-refractivity contribution is 7.80. The van der Waals surface area contributed by atoms with Crippen molar-refractivity contribution in [2.75, 3.05) is 13.2 Å². The van der Waals surface area contributed by atoms with Gasteiger partial charge in [0.15, 0.2) is 5.11 Å². The number of carbonyl (C=O) groups excluding carboxylic acids is 1. The van der Waals surface area contributed by atoms with E-state index in [4.69, 9.17) is 21.7 Å². The van der Waals surface area contributed by atoms with Gasteiger partial charge in [0.2, 0.25) is 0 Å². The monoisotopic (exact) mass is 410 g/mol. The van der Waals surface area contributed by atoms with Crippen LogP contribution >= 0.6 is 12.2 Å². The molecule has 6 heteroatoms. The number of rotatable bonds is 9. The van der Waals surface area contributed by atoms with Gasteiger partial charge >= 0.3 is 0 Å². The molecule has 1 unspecified atom stereocenters. The van der Waals surface area contributed by atoms with Crippen LogP contribution in [0.15, 0.2) is 54.2 Å². The third-order valence-electron chi connectivity index (χ3n) is 4.78. The summed E-state index contributed by atoms with van der Waals surface area (Å²) in [6.45, 7) is 5.56. The van der Waals surface area contributed by atoms with E-state index in [0.29, 0.717) is 29.9 Å². The highest BCUT2D eigenvalue weighted by atomic mass is 32.1. The Balaban J connectivity index is 1.43. The van der Waals surface area contributed by atoms with Crippen molar-refractivity contribution in [3.05, 3.63) is 65.4 Å². The summed E-state index contributed by atoms with van der Waals surface area (Å²) >= 11 is 4.94. The standard InChI is InChI=1S/C23H26N2O3S/c1-3-16(2)18-8-10-19(11-9-18)27-12-5-13-28-20-7-4-6-17(14-20)15-21-22(26)25-23(29)24-21/h4,6-11,14-16H,3,5,12-13H2,1-2H3,(H2,24,25,26,29)/b21-15-. The van der Waals surface area contributed by atoms with Gasteiger partial charge in [-0.05, 0) is 66.0 Å². The van der Waals surface area contributed by atoms with E-state index in [1.807, 2.05) is 36.4 Å². The predicted octanol–water partition coefficient (Wildman–Crippen LogP) is 4.39. The molecule has 2 aromatic rings. The van der Waals surface area contributed by atoms with E-state index in [-0.39, 0.29) is 5.91 Å². The van der Waals surface area contributed by atoms with Crippen LogP contribution in [-0.4, -0.2) is 24.2 Å². The molecule has 5 nitrogen and oxygen atoms in total. The third kappa shape index (κ3) is 6.06. The zero-order valence-corrected chi connectivity index (χ0v) is 17.6. The van der Waals surface area contributed by atoms with Crippen LogP contribution < -0.4 is 20.1 Å². The summed E-state index contributed by atoms with van der Waals surface area (Å²) in [5.74, 6) is 1.97. The van der Waals surface area contributed by atoms with Gasteiger partial charge in [-0.2, -0.15) is 0 Å². The number of carbonyl (C=O) groups is 1. The first-order valence-electron chi connectivity index (χ1n) is 9.85. The van der Waals surface area contributed by atoms with Crippen LogP contribution in [0.5, 0.6) is 11.5 Å². The molecular formula is C23H26N2O3S. The van der Waals surface area contributed by atoms with Crippen molar-refractivity contribution < 1.29 is 14.3 Å². The number of hydrogen-bond acceptors (Lipinski definition) is 4. The minimum absolute atomic E-state index is 0.226. The fraction of sp³-hybridized carbons (Fsp3) is 0.304. The van der Waals surface area contributed by atoms with E-state index >= 15 is 0 Å². The van der Waals surface area contributed by atoms with Crippen LogP contribution in [0.4, 0.5) is 0 Å². The van der Waals surface area contributed by atoms with Crippen molar-refractivity contribution in [2.45, 2.75) is 32.6 Å². The van der Waals surface area contributed by atoms with E-state index in [1.165, 1.54) is 5.56 Å². The van der Waals surface area contributed by atoms with Crippen molar-refractivity contribution >= 4 is 29.3 Å². The lowest BCUT2D eigenvalue weighted by Gasteiger charge is -2.11. The van der Waals surface area contributed by atoms with Crippen molar-refractivity contribution in [1.82, 2.24) is 10.6 Å². The van der Waals surface area contributed by atoms with Crippen LogP contribution in [-0.2, 0) is 4.79 Å². The Labute approximate surface area is 177 Å². The second kappa shape index (κ2) is 10.1. The lowest BCUT2D eigenvalue weighted by Crippen LogP contribution is -2.21. The van der Waals surface area contributed by atoms with Gasteiger partial charge in [0.25, 0.3) is 5.91 Å². The third-order valence-corrected chi connectivity index (χ3v) is 4.98. The number of benzene rings is 2. The fourth-order valence-electron chi connectivity index (χ4n) is 2.91. The summed E-state index contributed by atoms with van der Waals surface area (Å²) in [7, 11) is 0. The van der Waals surface area contributed by atoms with Crippen LogP contribution in [0, 0.1) is 0 Å². The predicted molar refractivity (Wildman–Crippen MR) is 119 cm³/mol. The van der Waals surface area contributed by atoms with Crippen molar-refractivity contribution in [3.63, 3.8) is 0 Å². The molecule has 0 aliphatic carbocycles. The fourth-order valence-corrected chi connectivity index (χ4v) is 3.11. The van der Waals surface area contributed by atoms with Gasteiger partial charge in [0.05, 0.1) is 13.2 Å². The number of amides is 1. The maximum Gasteiger partial charge on any atom is 0.273 e.